The summed E-state index contributed by atoms with van der Waals surface area (Å²) in [6, 6.07) is 9.95. The van der Waals surface area contributed by atoms with E-state index >= 15 is 0 Å². The van der Waals surface area contributed by atoms with Crippen molar-refractivity contribution < 1.29 is 4.52 Å². The van der Waals surface area contributed by atoms with Crippen LogP contribution in [0, 0.1) is 0 Å². The molecule has 2 unspecified atom stereocenters. The molecule has 2 atom stereocenters. The van der Waals surface area contributed by atoms with Gasteiger partial charge in [-0.2, -0.15) is 10.1 Å². The van der Waals surface area contributed by atoms with E-state index in [1.54, 1.807) is 6.20 Å². The van der Waals surface area contributed by atoms with Crippen LogP contribution in [0.1, 0.15) is 43.1 Å². The van der Waals surface area contributed by atoms with Crippen LogP contribution in [0.15, 0.2) is 47.2 Å². The summed E-state index contributed by atoms with van der Waals surface area (Å²) in [5, 5.41) is 9.10. The fourth-order valence-corrected chi connectivity index (χ4v) is 2.63. The molecule has 0 saturated heterocycles. The zero-order chi connectivity index (χ0) is 16.2. The van der Waals surface area contributed by atoms with Crippen LogP contribution >= 0.6 is 11.6 Å². The molecular formula is C17H19ClN4O. The Balaban J connectivity index is 1.63. The van der Waals surface area contributed by atoms with Crippen molar-refractivity contribution in [2.75, 3.05) is 0 Å². The third-order valence-corrected chi connectivity index (χ3v) is 4.08. The monoisotopic (exact) mass is 330 g/mol. The van der Waals surface area contributed by atoms with Crippen LogP contribution in [0.5, 0.6) is 0 Å². The van der Waals surface area contributed by atoms with Crippen molar-refractivity contribution in [3.8, 4) is 0 Å². The molecule has 3 aromatic rings. The fourth-order valence-electron chi connectivity index (χ4n) is 2.50. The van der Waals surface area contributed by atoms with Gasteiger partial charge in [-0.15, -0.1) is 0 Å². The number of aromatic nitrogens is 4. The largest absolute Gasteiger partial charge is 0.339 e. The highest BCUT2D eigenvalue weighted by atomic mass is 35.5. The van der Waals surface area contributed by atoms with Crippen molar-refractivity contribution in [2.24, 2.45) is 0 Å². The lowest BCUT2D eigenvalue weighted by molar-refractivity contribution is 0.344. The normalized spacial score (nSPS) is 13.9. The molecule has 2 aromatic heterocycles. The summed E-state index contributed by atoms with van der Waals surface area (Å²) in [7, 11) is 0. The minimum absolute atomic E-state index is 0.185. The Morgan fingerprint density at radius 1 is 1.17 bits per heavy atom. The van der Waals surface area contributed by atoms with Crippen molar-refractivity contribution >= 4 is 11.6 Å². The van der Waals surface area contributed by atoms with Gasteiger partial charge >= 0.3 is 0 Å². The second-order valence-electron chi connectivity index (χ2n) is 5.82. The summed E-state index contributed by atoms with van der Waals surface area (Å²) in [4.78, 5) is 4.53. The maximum absolute atomic E-state index is 5.91. The summed E-state index contributed by atoms with van der Waals surface area (Å²) in [6.07, 6.45) is 5.22. The van der Waals surface area contributed by atoms with Crippen molar-refractivity contribution in [3.05, 3.63) is 65.0 Å². The van der Waals surface area contributed by atoms with E-state index in [9.17, 15) is 0 Å². The van der Waals surface area contributed by atoms with Gasteiger partial charge in [-0.1, -0.05) is 35.8 Å². The lowest BCUT2D eigenvalue weighted by Gasteiger charge is -2.08. The van der Waals surface area contributed by atoms with E-state index in [4.69, 9.17) is 16.1 Å². The van der Waals surface area contributed by atoms with Gasteiger partial charge in [-0.25, -0.2) is 0 Å². The Morgan fingerprint density at radius 2 is 1.96 bits per heavy atom. The molecule has 2 heterocycles. The van der Waals surface area contributed by atoms with Gasteiger partial charge in [0, 0.05) is 29.8 Å². The van der Waals surface area contributed by atoms with Crippen LogP contribution in [0.25, 0.3) is 0 Å². The van der Waals surface area contributed by atoms with Crippen LogP contribution in [0.2, 0.25) is 5.02 Å². The SMILES string of the molecule is CC(Cc1ccc(Cl)cc1)c1noc(CC(C)n2cccn2)n1. The molecule has 0 saturated carbocycles. The van der Waals surface area contributed by atoms with Gasteiger partial charge < -0.3 is 4.52 Å². The molecule has 3 rings (SSSR count). The van der Waals surface area contributed by atoms with Crippen LogP contribution in [0.3, 0.4) is 0 Å². The summed E-state index contributed by atoms with van der Waals surface area (Å²) in [6.45, 7) is 4.17. The highest BCUT2D eigenvalue weighted by molar-refractivity contribution is 6.30. The lowest BCUT2D eigenvalue weighted by Crippen LogP contribution is -2.09. The topological polar surface area (TPSA) is 56.7 Å². The van der Waals surface area contributed by atoms with E-state index in [0.717, 1.165) is 17.3 Å². The molecule has 120 valence electrons. The summed E-state index contributed by atoms with van der Waals surface area (Å²) < 4.78 is 7.28. The van der Waals surface area contributed by atoms with Gasteiger partial charge in [-0.3, -0.25) is 4.68 Å². The quantitative estimate of drug-likeness (QED) is 0.683. The highest BCUT2D eigenvalue weighted by Gasteiger charge is 2.16. The van der Waals surface area contributed by atoms with Gasteiger partial charge in [0.05, 0.1) is 6.04 Å². The molecule has 5 nitrogen and oxygen atoms in total. The average Bonchev–Trinajstić information content (AvgIpc) is 3.20. The molecule has 23 heavy (non-hydrogen) atoms. The Bertz CT molecular complexity index is 736. The molecule has 0 radical (unpaired) electrons. The number of hydrogen-bond acceptors (Lipinski definition) is 4. The zero-order valence-corrected chi connectivity index (χ0v) is 13.9. The molecule has 0 aliphatic rings. The first-order chi connectivity index (χ1) is 11.1. The summed E-state index contributed by atoms with van der Waals surface area (Å²) >= 11 is 5.91. The van der Waals surface area contributed by atoms with E-state index in [1.165, 1.54) is 5.56 Å². The first-order valence-corrected chi connectivity index (χ1v) is 8.05. The predicted octanol–water partition coefficient (Wildman–Crippen LogP) is 4.07. The number of benzene rings is 1. The van der Waals surface area contributed by atoms with Gasteiger partial charge in [0.2, 0.25) is 5.89 Å². The second kappa shape index (κ2) is 6.96. The minimum Gasteiger partial charge on any atom is -0.339 e. The molecule has 0 aliphatic heterocycles. The van der Waals surface area contributed by atoms with Crippen molar-refractivity contribution in [3.63, 3.8) is 0 Å². The first-order valence-electron chi connectivity index (χ1n) is 7.68. The van der Waals surface area contributed by atoms with Crippen LogP contribution < -0.4 is 0 Å². The molecule has 0 bridgehead atoms. The second-order valence-corrected chi connectivity index (χ2v) is 6.25. The standard InChI is InChI=1S/C17H19ClN4O/c1-12(10-14-4-6-15(18)7-5-14)17-20-16(23-21-17)11-13(2)22-9-3-8-19-22/h3-9,12-13H,10-11H2,1-2H3. The van der Waals surface area contributed by atoms with Gasteiger partial charge in [0.1, 0.15) is 0 Å². The third kappa shape index (κ3) is 3.99. The summed E-state index contributed by atoms with van der Waals surface area (Å²) in [5.74, 6) is 1.57. The van der Waals surface area contributed by atoms with Gasteiger partial charge in [0.25, 0.3) is 0 Å². The predicted molar refractivity (Wildman–Crippen MR) is 88.5 cm³/mol. The molecule has 0 spiro atoms. The molecule has 1 aromatic carbocycles. The van der Waals surface area contributed by atoms with Crippen LogP contribution in [0.4, 0.5) is 0 Å². The smallest absolute Gasteiger partial charge is 0.228 e. The van der Waals surface area contributed by atoms with E-state index in [2.05, 4.69) is 29.1 Å². The molecule has 0 fully saturated rings. The van der Waals surface area contributed by atoms with Crippen LogP contribution in [-0.2, 0) is 12.8 Å². The maximum atomic E-state index is 5.91. The molecule has 0 aliphatic carbocycles. The molecule has 6 heteroatoms. The number of hydrogen-bond donors (Lipinski definition) is 0. The van der Waals surface area contributed by atoms with E-state index in [0.29, 0.717) is 12.3 Å². The summed E-state index contributed by atoms with van der Waals surface area (Å²) in [5.41, 5.74) is 1.21. The van der Waals surface area contributed by atoms with Crippen molar-refractivity contribution in [2.45, 2.75) is 38.6 Å². The number of halogens is 1. The Labute approximate surface area is 140 Å². The van der Waals surface area contributed by atoms with Crippen LogP contribution in [-0.4, -0.2) is 19.9 Å². The van der Waals surface area contributed by atoms with E-state index in [1.807, 2.05) is 41.2 Å². The molecule has 0 N–H and O–H groups in total. The minimum atomic E-state index is 0.185. The first kappa shape index (κ1) is 15.7. The maximum Gasteiger partial charge on any atom is 0.228 e. The number of nitrogens with zero attached hydrogens (tertiary/aromatic N) is 4. The number of rotatable bonds is 6. The Hall–Kier alpha value is -2.14. The third-order valence-electron chi connectivity index (χ3n) is 3.83. The van der Waals surface area contributed by atoms with Crippen molar-refractivity contribution in [1.82, 2.24) is 19.9 Å². The Morgan fingerprint density at radius 3 is 2.65 bits per heavy atom. The molecular weight excluding hydrogens is 312 g/mol. The Kier molecular flexibility index (Phi) is 4.76. The van der Waals surface area contributed by atoms with E-state index in [-0.39, 0.29) is 12.0 Å². The van der Waals surface area contributed by atoms with E-state index < -0.39 is 0 Å². The lowest BCUT2D eigenvalue weighted by atomic mass is 10.0. The van der Waals surface area contributed by atoms with Crippen molar-refractivity contribution in [1.29, 1.82) is 0 Å². The average molecular weight is 331 g/mol. The van der Waals surface area contributed by atoms with Gasteiger partial charge in [0.15, 0.2) is 5.82 Å². The fraction of sp³-hybridized carbons (Fsp3) is 0.353. The zero-order valence-electron chi connectivity index (χ0n) is 13.2. The highest BCUT2D eigenvalue weighted by Crippen LogP contribution is 2.20. The van der Waals surface area contributed by atoms with Gasteiger partial charge in [-0.05, 0) is 37.1 Å². The molecule has 0 amide bonds.